The van der Waals surface area contributed by atoms with Gasteiger partial charge in [-0.05, 0) is 25.8 Å². The van der Waals surface area contributed by atoms with E-state index in [4.69, 9.17) is 5.11 Å². The first kappa shape index (κ1) is 9.68. The Hall–Kier alpha value is -0.410. The Labute approximate surface area is 73.4 Å². The SMILES string of the molecule is O=[C]CN1CCCCC1CCO. The van der Waals surface area contributed by atoms with Gasteiger partial charge < -0.3 is 5.11 Å². The average Bonchev–Trinajstić information content (AvgIpc) is 2.09. The summed E-state index contributed by atoms with van der Waals surface area (Å²) in [5.74, 6) is 0. The minimum Gasteiger partial charge on any atom is -0.396 e. The molecule has 1 unspecified atom stereocenters. The number of nitrogens with zero attached hydrogens (tertiary/aromatic N) is 1. The molecule has 0 aliphatic carbocycles. The van der Waals surface area contributed by atoms with Gasteiger partial charge in [0.1, 0.15) is 0 Å². The summed E-state index contributed by atoms with van der Waals surface area (Å²) in [6, 6.07) is 0.408. The number of rotatable bonds is 4. The highest BCUT2D eigenvalue weighted by Crippen LogP contribution is 2.18. The van der Waals surface area contributed by atoms with Gasteiger partial charge in [-0.15, -0.1) is 0 Å². The van der Waals surface area contributed by atoms with Crippen LogP contribution in [0.3, 0.4) is 0 Å². The van der Waals surface area contributed by atoms with Crippen LogP contribution in [-0.2, 0) is 4.79 Å². The molecular weight excluding hydrogens is 154 g/mol. The number of carbonyl (C=O) groups excluding carboxylic acids is 1. The largest absolute Gasteiger partial charge is 0.396 e. The monoisotopic (exact) mass is 170 g/mol. The van der Waals surface area contributed by atoms with E-state index in [1.807, 2.05) is 6.29 Å². The molecule has 1 fully saturated rings. The van der Waals surface area contributed by atoms with E-state index in [-0.39, 0.29) is 6.61 Å². The molecule has 0 amide bonds. The highest BCUT2D eigenvalue weighted by molar-refractivity contribution is 5.53. The Kier molecular flexibility index (Phi) is 4.25. The molecule has 12 heavy (non-hydrogen) atoms. The third-order valence-corrected chi connectivity index (χ3v) is 2.48. The fraction of sp³-hybridized carbons (Fsp3) is 0.889. The maximum absolute atomic E-state index is 10.2. The van der Waals surface area contributed by atoms with Crippen molar-refractivity contribution in [2.24, 2.45) is 0 Å². The Morgan fingerprint density at radius 2 is 2.33 bits per heavy atom. The highest BCUT2D eigenvalue weighted by Gasteiger charge is 2.20. The van der Waals surface area contributed by atoms with E-state index < -0.39 is 0 Å². The van der Waals surface area contributed by atoms with Gasteiger partial charge in [0, 0.05) is 12.6 Å². The van der Waals surface area contributed by atoms with Crippen molar-refractivity contribution in [3.8, 4) is 0 Å². The average molecular weight is 170 g/mol. The first-order valence-corrected chi connectivity index (χ1v) is 4.58. The zero-order valence-corrected chi connectivity index (χ0v) is 7.33. The lowest BCUT2D eigenvalue weighted by molar-refractivity contribution is 0.135. The van der Waals surface area contributed by atoms with Crippen molar-refractivity contribution < 1.29 is 9.90 Å². The number of likely N-dealkylation sites (tertiary alicyclic amines) is 1. The van der Waals surface area contributed by atoms with Crippen LogP contribution in [0.2, 0.25) is 0 Å². The lowest BCUT2D eigenvalue weighted by atomic mass is 10.00. The molecule has 1 atom stereocenters. The van der Waals surface area contributed by atoms with Gasteiger partial charge in [-0.2, -0.15) is 0 Å². The van der Waals surface area contributed by atoms with Crippen LogP contribution in [0, 0.1) is 0 Å². The van der Waals surface area contributed by atoms with E-state index in [2.05, 4.69) is 4.90 Å². The maximum Gasteiger partial charge on any atom is 0.213 e. The first-order chi connectivity index (χ1) is 5.88. The summed E-state index contributed by atoms with van der Waals surface area (Å²) >= 11 is 0. The normalized spacial score (nSPS) is 25.6. The summed E-state index contributed by atoms with van der Waals surface area (Å²) < 4.78 is 0. The zero-order chi connectivity index (χ0) is 8.81. The van der Waals surface area contributed by atoms with Gasteiger partial charge in [0.25, 0.3) is 0 Å². The first-order valence-electron chi connectivity index (χ1n) is 4.58. The minimum atomic E-state index is 0.222. The lowest BCUT2D eigenvalue weighted by Gasteiger charge is -2.33. The summed E-state index contributed by atoms with van der Waals surface area (Å²) in [6.07, 6.45) is 6.22. The van der Waals surface area contributed by atoms with Gasteiger partial charge in [0.15, 0.2) is 0 Å². The third kappa shape index (κ3) is 2.57. The van der Waals surface area contributed by atoms with Gasteiger partial charge in [-0.1, -0.05) is 6.42 Å². The van der Waals surface area contributed by atoms with Crippen molar-refractivity contribution in [3.63, 3.8) is 0 Å². The fourth-order valence-electron chi connectivity index (χ4n) is 1.83. The second-order valence-electron chi connectivity index (χ2n) is 3.28. The second-order valence-corrected chi connectivity index (χ2v) is 3.28. The van der Waals surface area contributed by atoms with Gasteiger partial charge in [0.2, 0.25) is 6.29 Å². The molecule has 1 N–H and O–H groups in total. The summed E-state index contributed by atoms with van der Waals surface area (Å²) in [6.45, 7) is 1.62. The third-order valence-electron chi connectivity index (χ3n) is 2.48. The van der Waals surface area contributed by atoms with E-state index in [0.717, 1.165) is 19.4 Å². The van der Waals surface area contributed by atoms with Crippen LogP contribution in [0.1, 0.15) is 25.7 Å². The molecule has 1 rings (SSSR count). The maximum atomic E-state index is 10.2. The van der Waals surface area contributed by atoms with Gasteiger partial charge in [0.05, 0.1) is 6.54 Å². The van der Waals surface area contributed by atoms with Crippen LogP contribution in [0.15, 0.2) is 0 Å². The van der Waals surface area contributed by atoms with E-state index in [9.17, 15) is 4.79 Å². The van der Waals surface area contributed by atoms with Crippen molar-refractivity contribution in [2.45, 2.75) is 31.7 Å². The quantitative estimate of drug-likeness (QED) is 0.661. The molecule has 1 saturated heterocycles. The number of hydrogen-bond acceptors (Lipinski definition) is 3. The molecule has 1 aliphatic heterocycles. The molecule has 69 valence electrons. The highest BCUT2D eigenvalue weighted by atomic mass is 16.3. The van der Waals surface area contributed by atoms with E-state index in [1.54, 1.807) is 0 Å². The molecule has 1 heterocycles. The molecule has 0 aromatic rings. The molecule has 1 radical (unpaired) electrons. The van der Waals surface area contributed by atoms with E-state index >= 15 is 0 Å². The Balaban J connectivity index is 2.36. The van der Waals surface area contributed by atoms with Gasteiger partial charge >= 0.3 is 0 Å². The molecule has 3 nitrogen and oxygen atoms in total. The summed E-state index contributed by atoms with van der Waals surface area (Å²) in [5, 5.41) is 8.78. The van der Waals surface area contributed by atoms with E-state index in [0.29, 0.717) is 12.6 Å². The van der Waals surface area contributed by atoms with Crippen molar-refractivity contribution in [2.75, 3.05) is 19.7 Å². The molecule has 3 heteroatoms. The number of hydrogen-bond donors (Lipinski definition) is 1. The van der Waals surface area contributed by atoms with Crippen LogP contribution < -0.4 is 0 Å². The summed E-state index contributed by atoms with van der Waals surface area (Å²) in [7, 11) is 0. The van der Waals surface area contributed by atoms with Crippen molar-refractivity contribution in [1.29, 1.82) is 0 Å². The molecule has 0 saturated carbocycles. The van der Waals surface area contributed by atoms with Crippen LogP contribution in [0.25, 0.3) is 0 Å². The number of piperidine rings is 1. The molecule has 0 spiro atoms. The number of aliphatic hydroxyl groups excluding tert-OH is 1. The van der Waals surface area contributed by atoms with Crippen LogP contribution in [0.4, 0.5) is 0 Å². The smallest absolute Gasteiger partial charge is 0.213 e. The van der Waals surface area contributed by atoms with Crippen molar-refractivity contribution >= 4 is 6.29 Å². The predicted molar refractivity (Wildman–Crippen MR) is 46.6 cm³/mol. The topological polar surface area (TPSA) is 40.5 Å². The van der Waals surface area contributed by atoms with Gasteiger partial charge in [-0.25, -0.2) is 0 Å². The van der Waals surface area contributed by atoms with E-state index in [1.165, 1.54) is 12.8 Å². The molecule has 0 aromatic carbocycles. The van der Waals surface area contributed by atoms with Crippen LogP contribution in [0.5, 0.6) is 0 Å². The summed E-state index contributed by atoms with van der Waals surface area (Å²) in [4.78, 5) is 12.3. The second kappa shape index (κ2) is 5.27. The summed E-state index contributed by atoms with van der Waals surface area (Å²) in [5.41, 5.74) is 0. The molecular formula is C9H16NO2. The van der Waals surface area contributed by atoms with Crippen molar-refractivity contribution in [3.05, 3.63) is 0 Å². The zero-order valence-electron chi connectivity index (χ0n) is 7.33. The fourth-order valence-corrected chi connectivity index (χ4v) is 1.83. The predicted octanol–water partition coefficient (Wildman–Crippen LogP) is 0.333. The minimum absolute atomic E-state index is 0.222. The molecule has 1 aliphatic rings. The van der Waals surface area contributed by atoms with Crippen LogP contribution >= 0.6 is 0 Å². The lowest BCUT2D eigenvalue weighted by Crippen LogP contribution is -2.40. The standard InChI is InChI=1S/C9H16NO2/c11-7-4-9-3-1-2-5-10(9)6-8-12/h9,11H,1-7H2. The Bertz CT molecular complexity index is 136. The van der Waals surface area contributed by atoms with Crippen molar-refractivity contribution in [1.82, 2.24) is 4.90 Å². The molecule has 0 bridgehead atoms. The Morgan fingerprint density at radius 1 is 1.50 bits per heavy atom. The van der Waals surface area contributed by atoms with Crippen LogP contribution in [-0.4, -0.2) is 42.0 Å². The molecule has 0 aromatic heterocycles. The van der Waals surface area contributed by atoms with Gasteiger partial charge in [-0.3, -0.25) is 9.69 Å². The Morgan fingerprint density at radius 3 is 3.00 bits per heavy atom. The number of aliphatic hydroxyl groups is 1.